The van der Waals surface area contributed by atoms with Crippen LogP contribution in [0.15, 0.2) is 6.20 Å². The summed E-state index contributed by atoms with van der Waals surface area (Å²) in [5, 5.41) is 0. The quantitative estimate of drug-likeness (QED) is 0.791. The number of rotatable bonds is 6. The van der Waals surface area contributed by atoms with Gasteiger partial charge in [0.2, 0.25) is 0 Å². The Morgan fingerprint density at radius 1 is 1.33 bits per heavy atom. The maximum Gasteiger partial charge on any atom is 0.0891 e. The number of hydrogen-bond acceptors (Lipinski definition) is 4. The minimum atomic E-state index is -0.144. The molecule has 0 radical (unpaired) electrons. The third-order valence-electron chi connectivity index (χ3n) is 3.32. The van der Waals surface area contributed by atoms with E-state index in [1.807, 2.05) is 27.7 Å². The SMILES string of the molecule is COC(C)(C)CCOCc1ncc(C)c(N)c1C. The Morgan fingerprint density at radius 3 is 2.61 bits per heavy atom. The molecule has 0 saturated heterocycles. The summed E-state index contributed by atoms with van der Waals surface area (Å²) in [5.41, 5.74) is 9.56. The van der Waals surface area contributed by atoms with Gasteiger partial charge < -0.3 is 15.2 Å². The molecule has 0 amide bonds. The number of nitrogens with two attached hydrogens (primary N) is 1. The number of hydrogen-bond donors (Lipinski definition) is 1. The molecule has 0 aliphatic heterocycles. The normalized spacial score (nSPS) is 11.8. The van der Waals surface area contributed by atoms with Crippen molar-refractivity contribution < 1.29 is 9.47 Å². The van der Waals surface area contributed by atoms with Gasteiger partial charge in [0.25, 0.3) is 0 Å². The van der Waals surface area contributed by atoms with Gasteiger partial charge in [0.15, 0.2) is 0 Å². The zero-order chi connectivity index (χ0) is 13.8. The van der Waals surface area contributed by atoms with Crippen molar-refractivity contribution in [2.45, 2.75) is 46.3 Å². The molecule has 4 nitrogen and oxygen atoms in total. The lowest BCUT2D eigenvalue weighted by Gasteiger charge is -2.22. The molecule has 0 spiro atoms. The Kier molecular flexibility index (Phi) is 5.11. The van der Waals surface area contributed by atoms with Crippen LogP contribution in [0.5, 0.6) is 0 Å². The first-order chi connectivity index (χ1) is 8.37. The van der Waals surface area contributed by atoms with Gasteiger partial charge in [-0.2, -0.15) is 0 Å². The minimum absolute atomic E-state index is 0.144. The molecule has 1 aromatic heterocycles. The van der Waals surface area contributed by atoms with E-state index in [1.54, 1.807) is 13.3 Å². The average Bonchev–Trinajstić information content (AvgIpc) is 2.34. The third-order valence-corrected chi connectivity index (χ3v) is 3.32. The second-order valence-corrected chi connectivity index (χ2v) is 5.19. The van der Waals surface area contributed by atoms with Gasteiger partial charge >= 0.3 is 0 Å². The van der Waals surface area contributed by atoms with E-state index in [9.17, 15) is 0 Å². The maximum atomic E-state index is 5.96. The molecule has 0 aliphatic carbocycles. The van der Waals surface area contributed by atoms with E-state index < -0.39 is 0 Å². The number of anilines is 1. The predicted molar refractivity (Wildman–Crippen MR) is 73.5 cm³/mol. The average molecular weight is 252 g/mol. The second-order valence-electron chi connectivity index (χ2n) is 5.19. The van der Waals surface area contributed by atoms with E-state index in [-0.39, 0.29) is 5.60 Å². The van der Waals surface area contributed by atoms with Crippen LogP contribution >= 0.6 is 0 Å². The highest BCUT2D eigenvalue weighted by Gasteiger charge is 2.15. The highest BCUT2D eigenvalue weighted by Crippen LogP contribution is 2.19. The lowest BCUT2D eigenvalue weighted by molar-refractivity contribution is -0.0128. The standard InChI is InChI=1S/C14H24N2O2/c1-10-8-16-12(11(2)13(10)15)9-18-7-6-14(3,4)17-5/h8H,6-7,9H2,1-5H3,(H2,15,16). The molecular formula is C14H24N2O2. The monoisotopic (exact) mass is 252 g/mol. The number of nitrogen functional groups attached to an aromatic ring is 1. The van der Waals surface area contributed by atoms with Crippen molar-refractivity contribution in [3.8, 4) is 0 Å². The summed E-state index contributed by atoms with van der Waals surface area (Å²) in [5.74, 6) is 0. The first-order valence-electron chi connectivity index (χ1n) is 6.21. The molecule has 0 fully saturated rings. The molecule has 0 unspecified atom stereocenters. The van der Waals surface area contributed by atoms with Gasteiger partial charge in [0.05, 0.1) is 17.9 Å². The highest BCUT2D eigenvalue weighted by molar-refractivity contribution is 5.53. The molecule has 1 rings (SSSR count). The van der Waals surface area contributed by atoms with Crippen LogP contribution in [-0.4, -0.2) is 24.3 Å². The molecule has 0 aromatic carbocycles. The number of methoxy groups -OCH3 is 1. The van der Waals surface area contributed by atoms with E-state index >= 15 is 0 Å². The first kappa shape index (κ1) is 14.9. The zero-order valence-electron chi connectivity index (χ0n) is 12.0. The Balaban J connectivity index is 2.48. The first-order valence-corrected chi connectivity index (χ1v) is 6.21. The van der Waals surface area contributed by atoms with Crippen molar-refractivity contribution in [2.24, 2.45) is 0 Å². The summed E-state index contributed by atoms with van der Waals surface area (Å²) in [7, 11) is 1.71. The van der Waals surface area contributed by atoms with Crippen molar-refractivity contribution in [3.63, 3.8) is 0 Å². The molecule has 18 heavy (non-hydrogen) atoms. The van der Waals surface area contributed by atoms with E-state index in [2.05, 4.69) is 4.98 Å². The topological polar surface area (TPSA) is 57.4 Å². The molecular weight excluding hydrogens is 228 g/mol. The fourth-order valence-electron chi connectivity index (χ4n) is 1.53. The van der Waals surface area contributed by atoms with Crippen molar-refractivity contribution in [1.82, 2.24) is 4.98 Å². The number of ether oxygens (including phenoxy) is 2. The number of aryl methyl sites for hydroxylation is 1. The minimum Gasteiger partial charge on any atom is -0.398 e. The molecule has 0 aliphatic rings. The van der Waals surface area contributed by atoms with Gasteiger partial charge in [-0.05, 0) is 45.2 Å². The van der Waals surface area contributed by atoms with Crippen LogP contribution in [0.1, 0.15) is 37.1 Å². The maximum absolute atomic E-state index is 5.96. The Bertz CT molecular complexity index is 403. The molecule has 4 heteroatoms. The van der Waals surface area contributed by atoms with Crippen LogP contribution in [0.25, 0.3) is 0 Å². The smallest absolute Gasteiger partial charge is 0.0891 e. The number of aromatic nitrogens is 1. The fraction of sp³-hybridized carbons (Fsp3) is 0.643. The Hall–Kier alpha value is -1.13. The van der Waals surface area contributed by atoms with Crippen LogP contribution in [0.2, 0.25) is 0 Å². The van der Waals surface area contributed by atoms with Crippen LogP contribution in [0.4, 0.5) is 5.69 Å². The second kappa shape index (κ2) is 6.16. The fourth-order valence-corrected chi connectivity index (χ4v) is 1.53. The van der Waals surface area contributed by atoms with E-state index in [1.165, 1.54) is 0 Å². The zero-order valence-corrected chi connectivity index (χ0v) is 12.0. The molecule has 1 heterocycles. The van der Waals surface area contributed by atoms with Crippen molar-refractivity contribution in [1.29, 1.82) is 0 Å². The summed E-state index contributed by atoms with van der Waals surface area (Å²) < 4.78 is 11.0. The summed E-state index contributed by atoms with van der Waals surface area (Å²) in [6, 6.07) is 0. The van der Waals surface area contributed by atoms with Crippen molar-refractivity contribution in [3.05, 3.63) is 23.0 Å². The number of nitrogens with zero attached hydrogens (tertiary/aromatic N) is 1. The van der Waals surface area contributed by atoms with E-state index in [0.29, 0.717) is 13.2 Å². The summed E-state index contributed by atoms with van der Waals surface area (Å²) in [6.07, 6.45) is 2.64. The molecule has 2 N–H and O–H groups in total. The summed E-state index contributed by atoms with van der Waals surface area (Å²) in [4.78, 5) is 4.36. The highest BCUT2D eigenvalue weighted by atomic mass is 16.5. The van der Waals surface area contributed by atoms with Crippen LogP contribution in [0, 0.1) is 13.8 Å². The van der Waals surface area contributed by atoms with Gasteiger partial charge in [0.1, 0.15) is 0 Å². The Labute approximate surface area is 110 Å². The van der Waals surface area contributed by atoms with Gasteiger partial charge in [0, 0.05) is 25.6 Å². The van der Waals surface area contributed by atoms with Gasteiger partial charge in [-0.25, -0.2) is 0 Å². The largest absolute Gasteiger partial charge is 0.398 e. The van der Waals surface area contributed by atoms with Crippen molar-refractivity contribution in [2.75, 3.05) is 19.5 Å². The lowest BCUT2D eigenvalue weighted by atomic mass is 10.1. The van der Waals surface area contributed by atoms with E-state index in [0.717, 1.165) is 28.9 Å². The van der Waals surface area contributed by atoms with E-state index in [4.69, 9.17) is 15.2 Å². The molecule has 102 valence electrons. The summed E-state index contributed by atoms with van der Waals surface area (Å²) >= 11 is 0. The summed E-state index contributed by atoms with van der Waals surface area (Å²) in [6.45, 7) is 9.17. The molecule has 0 bridgehead atoms. The van der Waals surface area contributed by atoms with Crippen LogP contribution < -0.4 is 5.73 Å². The van der Waals surface area contributed by atoms with Gasteiger partial charge in [-0.1, -0.05) is 0 Å². The number of pyridine rings is 1. The van der Waals surface area contributed by atoms with Crippen LogP contribution in [0.3, 0.4) is 0 Å². The van der Waals surface area contributed by atoms with Gasteiger partial charge in [-0.15, -0.1) is 0 Å². The Morgan fingerprint density at radius 2 is 2.00 bits per heavy atom. The predicted octanol–water partition coefficient (Wildman–Crippen LogP) is 2.61. The molecule has 0 atom stereocenters. The molecule has 1 aromatic rings. The van der Waals surface area contributed by atoms with Crippen molar-refractivity contribution >= 4 is 5.69 Å². The third kappa shape index (κ3) is 3.96. The molecule has 0 saturated carbocycles. The lowest BCUT2D eigenvalue weighted by Crippen LogP contribution is -2.24. The van der Waals surface area contributed by atoms with Gasteiger partial charge in [-0.3, -0.25) is 4.98 Å². The van der Waals surface area contributed by atoms with Crippen LogP contribution in [-0.2, 0) is 16.1 Å².